The van der Waals surface area contributed by atoms with Gasteiger partial charge >= 0.3 is 20.9 Å². The standard InChI is InChI=1S/C16H26F2O6P2/c1-5-21-25(19,22-6-2)13-14-10-9-11-15(12-14)16(17,18)26(20,23-7-3)24-8-4/h9-12H,5-8,13H2,1-4H3. The third kappa shape index (κ3) is 5.69. The molecule has 0 aromatic heterocycles. The zero-order valence-electron chi connectivity index (χ0n) is 15.4. The van der Waals surface area contributed by atoms with Crippen molar-refractivity contribution in [1.82, 2.24) is 0 Å². The van der Waals surface area contributed by atoms with Crippen LogP contribution >= 0.6 is 15.2 Å². The first-order valence-corrected chi connectivity index (χ1v) is 11.7. The molecule has 0 amide bonds. The highest BCUT2D eigenvalue weighted by Gasteiger charge is 2.54. The number of hydrogen-bond acceptors (Lipinski definition) is 6. The number of rotatable bonds is 12. The minimum Gasteiger partial charge on any atom is -0.309 e. The Morgan fingerprint density at radius 2 is 1.38 bits per heavy atom. The first-order chi connectivity index (χ1) is 12.2. The molecule has 10 heteroatoms. The van der Waals surface area contributed by atoms with Crippen molar-refractivity contribution >= 4 is 15.2 Å². The molecule has 26 heavy (non-hydrogen) atoms. The van der Waals surface area contributed by atoms with Gasteiger partial charge in [-0.1, -0.05) is 18.2 Å². The van der Waals surface area contributed by atoms with Crippen molar-refractivity contribution in [2.24, 2.45) is 0 Å². The summed E-state index contributed by atoms with van der Waals surface area (Å²) < 4.78 is 74.8. The van der Waals surface area contributed by atoms with Gasteiger partial charge in [0.1, 0.15) is 0 Å². The first-order valence-electron chi connectivity index (χ1n) is 8.42. The normalized spacial score (nSPS) is 13.2. The third-order valence-corrected chi connectivity index (χ3v) is 7.44. The molecule has 0 aliphatic carbocycles. The number of benzene rings is 1. The Morgan fingerprint density at radius 3 is 1.85 bits per heavy atom. The van der Waals surface area contributed by atoms with Crippen molar-refractivity contribution in [3.05, 3.63) is 35.4 Å². The summed E-state index contributed by atoms with van der Waals surface area (Å²) in [4.78, 5) is 0. The Morgan fingerprint density at radius 1 is 0.885 bits per heavy atom. The van der Waals surface area contributed by atoms with Crippen LogP contribution in [0.5, 0.6) is 0 Å². The van der Waals surface area contributed by atoms with Gasteiger partial charge in [-0.3, -0.25) is 9.13 Å². The molecule has 0 unspecified atom stereocenters. The molecule has 0 saturated carbocycles. The zero-order chi connectivity index (χ0) is 19.8. The second-order valence-electron chi connectivity index (χ2n) is 5.18. The fourth-order valence-electron chi connectivity index (χ4n) is 2.30. The van der Waals surface area contributed by atoms with E-state index in [1.165, 1.54) is 26.0 Å². The molecule has 1 aromatic carbocycles. The quantitative estimate of drug-likeness (QED) is 0.405. The van der Waals surface area contributed by atoms with E-state index in [0.29, 0.717) is 5.56 Å². The lowest BCUT2D eigenvalue weighted by atomic mass is 10.1. The molecule has 150 valence electrons. The van der Waals surface area contributed by atoms with Crippen LogP contribution in [-0.4, -0.2) is 26.4 Å². The topological polar surface area (TPSA) is 71.1 Å². The number of hydrogen-bond donors (Lipinski definition) is 0. The lowest BCUT2D eigenvalue weighted by Crippen LogP contribution is -2.18. The maximum atomic E-state index is 14.8. The highest BCUT2D eigenvalue weighted by atomic mass is 31.2. The highest BCUT2D eigenvalue weighted by molar-refractivity contribution is 7.54. The van der Waals surface area contributed by atoms with Crippen LogP contribution in [0.1, 0.15) is 38.8 Å². The SMILES string of the molecule is CCOP(=O)(Cc1cccc(C(F)(F)P(=O)(OCC)OCC)c1)OCC. The van der Waals surface area contributed by atoms with Gasteiger partial charge in [0.2, 0.25) is 0 Å². The van der Waals surface area contributed by atoms with Crippen LogP contribution in [0.15, 0.2) is 24.3 Å². The van der Waals surface area contributed by atoms with E-state index in [0.717, 1.165) is 12.1 Å². The van der Waals surface area contributed by atoms with Crippen LogP contribution < -0.4 is 0 Å². The Labute approximate surface area is 153 Å². The van der Waals surface area contributed by atoms with E-state index in [1.807, 2.05) is 0 Å². The van der Waals surface area contributed by atoms with Gasteiger partial charge in [0.05, 0.1) is 32.6 Å². The minimum absolute atomic E-state index is 0.164. The van der Waals surface area contributed by atoms with E-state index < -0.39 is 26.4 Å². The fourth-order valence-corrected chi connectivity index (χ4v) is 5.52. The molecular formula is C16H26F2O6P2. The van der Waals surface area contributed by atoms with Gasteiger partial charge in [-0.15, -0.1) is 0 Å². The molecule has 0 radical (unpaired) electrons. The van der Waals surface area contributed by atoms with Crippen molar-refractivity contribution < 1.29 is 36.0 Å². The Hall–Kier alpha value is -0.620. The predicted octanol–water partition coefficient (Wildman–Crippen LogP) is 5.77. The monoisotopic (exact) mass is 414 g/mol. The zero-order valence-corrected chi connectivity index (χ0v) is 17.2. The van der Waals surface area contributed by atoms with Gasteiger partial charge in [0, 0.05) is 5.56 Å². The summed E-state index contributed by atoms with van der Waals surface area (Å²) in [6.45, 7) is 6.20. The average molecular weight is 414 g/mol. The highest BCUT2D eigenvalue weighted by Crippen LogP contribution is 2.67. The molecule has 0 saturated heterocycles. The van der Waals surface area contributed by atoms with E-state index in [9.17, 15) is 17.9 Å². The molecule has 6 nitrogen and oxygen atoms in total. The maximum absolute atomic E-state index is 14.8. The lowest BCUT2D eigenvalue weighted by molar-refractivity contribution is 0.0360. The van der Waals surface area contributed by atoms with Gasteiger partial charge < -0.3 is 18.1 Å². The summed E-state index contributed by atoms with van der Waals surface area (Å²) in [5.41, 5.74) is -4.08. The van der Waals surface area contributed by atoms with E-state index in [-0.39, 0.29) is 32.6 Å². The van der Waals surface area contributed by atoms with Gasteiger partial charge in [0.25, 0.3) is 0 Å². The number of halogens is 2. The van der Waals surface area contributed by atoms with Gasteiger partial charge in [-0.05, 0) is 39.3 Å². The summed E-state index contributed by atoms with van der Waals surface area (Å²) in [6.07, 6.45) is -0.174. The van der Waals surface area contributed by atoms with Crippen LogP contribution in [0.2, 0.25) is 0 Å². The second kappa shape index (κ2) is 10.1. The Bertz CT molecular complexity index is 648. The fraction of sp³-hybridized carbons (Fsp3) is 0.625. The van der Waals surface area contributed by atoms with Gasteiger partial charge in [0.15, 0.2) is 0 Å². The number of alkyl halides is 2. The third-order valence-electron chi connectivity index (χ3n) is 3.24. The largest absolute Gasteiger partial charge is 0.404 e. The molecule has 0 aliphatic heterocycles. The van der Waals surface area contributed by atoms with Crippen molar-refractivity contribution in [3.63, 3.8) is 0 Å². The first kappa shape index (κ1) is 23.4. The second-order valence-corrected chi connectivity index (χ2v) is 9.31. The molecule has 1 rings (SSSR count). The van der Waals surface area contributed by atoms with Crippen molar-refractivity contribution in [1.29, 1.82) is 0 Å². The Balaban J connectivity index is 3.21. The molecule has 1 aromatic rings. The molecule has 0 spiro atoms. The van der Waals surface area contributed by atoms with Crippen LogP contribution in [0.3, 0.4) is 0 Å². The van der Waals surface area contributed by atoms with Crippen LogP contribution in [-0.2, 0) is 39.1 Å². The summed E-state index contributed by atoms with van der Waals surface area (Å²) in [5, 5.41) is 0. The maximum Gasteiger partial charge on any atom is 0.404 e. The van der Waals surface area contributed by atoms with Crippen molar-refractivity contribution in [3.8, 4) is 0 Å². The van der Waals surface area contributed by atoms with E-state index >= 15 is 0 Å². The summed E-state index contributed by atoms with van der Waals surface area (Å²) in [5.74, 6) is 0. The van der Waals surface area contributed by atoms with Crippen molar-refractivity contribution in [2.75, 3.05) is 26.4 Å². The summed E-state index contributed by atoms with van der Waals surface area (Å²) in [7, 11) is -8.16. The van der Waals surface area contributed by atoms with Crippen LogP contribution in [0, 0.1) is 0 Å². The molecular weight excluding hydrogens is 388 g/mol. The van der Waals surface area contributed by atoms with E-state index in [1.54, 1.807) is 13.8 Å². The van der Waals surface area contributed by atoms with Gasteiger partial charge in [-0.25, -0.2) is 0 Å². The molecule has 0 bridgehead atoms. The predicted molar refractivity (Wildman–Crippen MR) is 95.8 cm³/mol. The van der Waals surface area contributed by atoms with Crippen LogP contribution in [0.25, 0.3) is 0 Å². The minimum atomic E-state index is -4.71. The smallest absolute Gasteiger partial charge is 0.309 e. The molecule has 0 aliphatic rings. The van der Waals surface area contributed by atoms with Crippen molar-refractivity contribution in [2.45, 2.75) is 39.5 Å². The van der Waals surface area contributed by atoms with Crippen LogP contribution in [0.4, 0.5) is 8.78 Å². The Kier molecular flexibility index (Phi) is 9.07. The van der Waals surface area contributed by atoms with E-state index in [2.05, 4.69) is 0 Å². The molecule has 0 heterocycles. The lowest BCUT2D eigenvalue weighted by Gasteiger charge is -2.26. The van der Waals surface area contributed by atoms with E-state index in [4.69, 9.17) is 18.1 Å². The van der Waals surface area contributed by atoms with Gasteiger partial charge in [-0.2, -0.15) is 8.78 Å². The molecule has 0 fully saturated rings. The molecule has 0 atom stereocenters. The molecule has 0 N–H and O–H groups in total. The summed E-state index contributed by atoms with van der Waals surface area (Å²) in [6, 6.07) is 5.13. The average Bonchev–Trinajstić information content (AvgIpc) is 2.55. The summed E-state index contributed by atoms with van der Waals surface area (Å²) >= 11 is 0.